The highest BCUT2D eigenvalue weighted by Crippen LogP contribution is 2.29. The molecule has 1 aromatic heterocycles. The Labute approximate surface area is 200 Å². The maximum atomic E-state index is 13.0. The van der Waals surface area contributed by atoms with Crippen LogP contribution >= 0.6 is 23.2 Å². The molecule has 0 fully saturated rings. The maximum Gasteiger partial charge on any atom is 0.346 e. The summed E-state index contributed by atoms with van der Waals surface area (Å²) in [6, 6.07) is 12.1. The zero-order valence-electron chi connectivity index (χ0n) is 18.2. The normalized spacial score (nSPS) is 11.8. The summed E-state index contributed by atoms with van der Waals surface area (Å²) in [4.78, 5) is 29.7. The molecule has 0 bridgehead atoms. The number of H-pyrrole nitrogens is 1. The van der Waals surface area contributed by atoms with Gasteiger partial charge in [0.1, 0.15) is 12.3 Å². The number of aromatic nitrogens is 3. The molecule has 1 heterocycles. The summed E-state index contributed by atoms with van der Waals surface area (Å²) in [5.41, 5.74) is 1.11. The van der Waals surface area contributed by atoms with Crippen LogP contribution in [0.5, 0.6) is 5.75 Å². The van der Waals surface area contributed by atoms with E-state index in [0.29, 0.717) is 21.5 Å². The fourth-order valence-electron chi connectivity index (χ4n) is 3.00. The van der Waals surface area contributed by atoms with Gasteiger partial charge in [-0.05, 0) is 49.7 Å². The molecule has 0 aliphatic rings. The number of benzene rings is 2. The van der Waals surface area contributed by atoms with Crippen LogP contribution in [0.25, 0.3) is 0 Å². The highest BCUT2D eigenvalue weighted by molar-refractivity contribution is 6.32. The second-order valence-corrected chi connectivity index (χ2v) is 8.33. The summed E-state index contributed by atoms with van der Waals surface area (Å²) in [5.74, 6) is 0.113. The molecular weight excluding hydrogens is 469 g/mol. The Kier molecular flexibility index (Phi) is 8.37. The third kappa shape index (κ3) is 6.74. The standard InChI is InChI=1S/C22H25Cl2N5O4/c1-14(2)33-19-8-7-17(11-18(19)24)26-21-27-29(13-20(31)25-9-10-30)22(32)28(21)12-15-3-5-16(23)6-4-15/h3-8,11,14,30H,9-10,12-13H2,1-2H3,(H,25,31)(H,26,27). The van der Waals surface area contributed by atoms with E-state index in [4.69, 9.17) is 33.0 Å². The molecule has 0 saturated heterocycles. The smallest absolute Gasteiger partial charge is 0.346 e. The average Bonchev–Trinajstić information content (AvgIpc) is 3.04. The molecule has 0 atom stereocenters. The molecule has 0 radical (unpaired) electrons. The molecule has 0 spiro atoms. The van der Waals surface area contributed by atoms with Gasteiger partial charge in [0.25, 0.3) is 0 Å². The van der Waals surface area contributed by atoms with Crippen LogP contribution < -0.4 is 21.4 Å². The first-order valence-electron chi connectivity index (χ1n) is 10.3. The number of amides is 1. The van der Waals surface area contributed by atoms with Crippen molar-refractivity contribution in [2.45, 2.75) is 33.0 Å². The Morgan fingerprint density at radius 1 is 1.21 bits per heavy atom. The van der Waals surface area contributed by atoms with Gasteiger partial charge in [-0.25, -0.2) is 14.5 Å². The number of nitrogens with zero attached hydrogens (tertiary/aromatic N) is 3. The summed E-state index contributed by atoms with van der Waals surface area (Å²) < 4.78 is 8.21. The first-order chi connectivity index (χ1) is 15.8. The number of hydrogen-bond donors (Lipinski definition) is 3. The number of nitrogens with one attached hydrogen (secondary N) is 2. The van der Waals surface area contributed by atoms with Gasteiger partial charge in [-0.1, -0.05) is 35.3 Å². The number of aromatic amines is 1. The van der Waals surface area contributed by atoms with E-state index in [1.807, 2.05) is 13.8 Å². The highest BCUT2D eigenvalue weighted by Gasteiger charge is 2.13. The van der Waals surface area contributed by atoms with E-state index in [1.165, 1.54) is 4.57 Å². The number of ether oxygens (including phenoxy) is 1. The first kappa shape index (κ1) is 24.6. The molecule has 33 heavy (non-hydrogen) atoms. The van der Waals surface area contributed by atoms with E-state index in [-0.39, 0.29) is 38.0 Å². The number of aliphatic hydroxyl groups is 1. The minimum absolute atomic E-state index is 0.0332. The molecule has 9 nitrogen and oxygen atoms in total. The summed E-state index contributed by atoms with van der Waals surface area (Å²) in [6.45, 7) is 3.66. The summed E-state index contributed by atoms with van der Waals surface area (Å²) >= 11 is 12.3. The monoisotopic (exact) mass is 493 g/mol. The largest absolute Gasteiger partial charge is 0.489 e. The Morgan fingerprint density at radius 3 is 2.58 bits per heavy atom. The van der Waals surface area contributed by atoms with E-state index >= 15 is 0 Å². The summed E-state index contributed by atoms with van der Waals surface area (Å²) in [5, 5.41) is 15.3. The molecule has 0 unspecified atom stereocenters. The minimum Gasteiger partial charge on any atom is -0.489 e. The van der Waals surface area contributed by atoms with E-state index < -0.39 is 11.6 Å². The van der Waals surface area contributed by atoms with E-state index in [9.17, 15) is 9.59 Å². The lowest BCUT2D eigenvalue weighted by atomic mass is 10.2. The van der Waals surface area contributed by atoms with Crippen LogP contribution in [0.3, 0.4) is 0 Å². The van der Waals surface area contributed by atoms with Crippen LogP contribution in [0, 0.1) is 0 Å². The van der Waals surface area contributed by atoms with Crippen LogP contribution in [-0.4, -0.2) is 44.6 Å². The van der Waals surface area contributed by atoms with Crippen molar-refractivity contribution in [1.29, 1.82) is 0 Å². The Bertz CT molecular complexity index is 1230. The van der Waals surface area contributed by atoms with Crippen molar-refractivity contribution in [3.63, 3.8) is 0 Å². The second-order valence-electron chi connectivity index (χ2n) is 7.48. The number of halogens is 2. The second kappa shape index (κ2) is 11.2. The molecule has 3 aromatic rings. The zero-order chi connectivity index (χ0) is 24.0. The molecular formula is C22H25Cl2N5O4. The van der Waals surface area contributed by atoms with Gasteiger partial charge in [0.2, 0.25) is 11.5 Å². The molecule has 176 valence electrons. The molecule has 0 aliphatic carbocycles. The topological polar surface area (TPSA) is 114 Å². The van der Waals surface area contributed by atoms with E-state index in [1.54, 1.807) is 42.5 Å². The quantitative estimate of drug-likeness (QED) is 0.424. The predicted octanol–water partition coefficient (Wildman–Crippen LogP) is 2.46. The summed E-state index contributed by atoms with van der Waals surface area (Å²) in [7, 11) is 0. The molecule has 0 saturated carbocycles. The third-order valence-corrected chi connectivity index (χ3v) is 5.00. The fraction of sp³-hybridized carbons (Fsp3) is 0.318. The van der Waals surface area contributed by atoms with Gasteiger partial charge in [-0.15, -0.1) is 0 Å². The molecule has 0 aliphatic heterocycles. The molecule has 2 aromatic carbocycles. The lowest BCUT2D eigenvalue weighted by Crippen LogP contribution is -2.35. The lowest BCUT2D eigenvalue weighted by Gasteiger charge is -2.11. The van der Waals surface area contributed by atoms with Gasteiger partial charge in [-0.3, -0.25) is 14.5 Å². The van der Waals surface area contributed by atoms with Crippen molar-refractivity contribution in [3.05, 3.63) is 74.2 Å². The van der Waals surface area contributed by atoms with Crippen LogP contribution in [0.4, 0.5) is 5.69 Å². The number of rotatable bonds is 9. The van der Waals surface area contributed by atoms with Gasteiger partial charge < -0.3 is 15.2 Å². The Morgan fingerprint density at radius 2 is 1.94 bits per heavy atom. The number of hydrogen-bond acceptors (Lipinski definition) is 5. The van der Waals surface area contributed by atoms with Crippen molar-refractivity contribution < 1.29 is 14.6 Å². The minimum atomic E-state index is -0.450. The first-order valence-corrected chi connectivity index (χ1v) is 11.0. The maximum absolute atomic E-state index is 13.0. The average molecular weight is 494 g/mol. The van der Waals surface area contributed by atoms with Gasteiger partial charge >= 0.3 is 5.69 Å². The third-order valence-electron chi connectivity index (χ3n) is 4.46. The van der Waals surface area contributed by atoms with Crippen molar-refractivity contribution in [1.82, 2.24) is 19.7 Å². The SMILES string of the molecule is CC(C)Oc1ccc(/N=c2\[nH]n(CC(=O)NCCO)c(=O)n2Cc2ccc(Cl)cc2)cc1Cl. The fourth-order valence-corrected chi connectivity index (χ4v) is 3.34. The van der Waals surface area contributed by atoms with E-state index in [2.05, 4.69) is 15.4 Å². The zero-order valence-corrected chi connectivity index (χ0v) is 19.7. The molecule has 11 heteroatoms. The van der Waals surface area contributed by atoms with Crippen molar-refractivity contribution in [3.8, 4) is 5.75 Å². The van der Waals surface area contributed by atoms with Crippen LogP contribution in [0.15, 0.2) is 52.3 Å². The highest BCUT2D eigenvalue weighted by atomic mass is 35.5. The Balaban J connectivity index is 2.01. The van der Waals surface area contributed by atoms with Crippen LogP contribution in [0.1, 0.15) is 19.4 Å². The molecule has 3 N–H and O–H groups in total. The van der Waals surface area contributed by atoms with Crippen LogP contribution in [-0.2, 0) is 17.9 Å². The van der Waals surface area contributed by atoms with E-state index in [0.717, 1.165) is 10.2 Å². The number of carbonyl (C=O) groups excluding carboxylic acids is 1. The molecule has 3 rings (SSSR count). The number of aliphatic hydroxyl groups excluding tert-OH is 1. The van der Waals surface area contributed by atoms with Crippen molar-refractivity contribution in [2.75, 3.05) is 13.2 Å². The van der Waals surface area contributed by atoms with Gasteiger partial charge in [0.05, 0.1) is 30.0 Å². The Hall–Kier alpha value is -3.01. The van der Waals surface area contributed by atoms with Crippen molar-refractivity contribution >= 4 is 34.8 Å². The number of carbonyl (C=O) groups is 1. The predicted molar refractivity (Wildman–Crippen MR) is 126 cm³/mol. The molecule has 1 amide bonds. The van der Waals surface area contributed by atoms with Gasteiger partial charge in [0.15, 0.2) is 0 Å². The van der Waals surface area contributed by atoms with Crippen LogP contribution in [0.2, 0.25) is 10.0 Å². The van der Waals surface area contributed by atoms with Crippen molar-refractivity contribution in [2.24, 2.45) is 4.99 Å². The summed E-state index contributed by atoms with van der Waals surface area (Å²) in [6.07, 6.45) is -0.0332. The van der Waals surface area contributed by atoms with Gasteiger partial charge in [0, 0.05) is 11.6 Å². The lowest BCUT2D eigenvalue weighted by molar-refractivity contribution is -0.122. The van der Waals surface area contributed by atoms with Gasteiger partial charge in [-0.2, -0.15) is 0 Å².